The number of hydrogen-bond donors (Lipinski definition) is 0. The summed E-state index contributed by atoms with van der Waals surface area (Å²) >= 11 is 0.386. The van der Waals surface area contributed by atoms with Crippen LogP contribution in [-0.4, -0.2) is 58.6 Å². The van der Waals surface area contributed by atoms with E-state index in [2.05, 4.69) is 0 Å². The minimum absolute atomic E-state index is 0.386. The molecule has 31 heavy (non-hydrogen) atoms. The van der Waals surface area contributed by atoms with Gasteiger partial charge in [0.2, 0.25) is 6.17 Å². The summed E-state index contributed by atoms with van der Waals surface area (Å²) in [6.45, 7) is 0. The normalized spacial score (nSPS) is 17.7. The lowest BCUT2D eigenvalue weighted by Gasteiger charge is -2.42. The van der Waals surface area contributed by atoms with E-state index in [9.17, 15) is 87.8 Å². The zero-order valence-corrected chi connectivity index (χ0v) is 14.6. The Bertz CT molecular complexity index is 652. The second-order valence-electron chi connectivity index (χ2n) is 5.48. The van der Waals surface area contributed by atoms with Crippen LogP contribution in [-0.2, 0) is 0 Å². The number of hydrogen-bond acceptors (Lipinski definition) is 0. The average Bonchev–Trinajstić information content (AvgIpc) is 2.50. The van der Waals surface area contributed by atoms with E-state index in [1.165, 1.54) is 0 Å². The first kappa shape index (κ1) is 30.1. The third kappa shape index (κ3) is 3.89. The van der Waals surface area contributed by atoms with E-state index in [4.69, 9.17) is 0 Å². The Balaban J connectivity index is 6.72. The average molecular weight is 581 g/mol. The Hall–Kier alpha value is -0.920. The summed E-state index contributed by atoms with van der Waals surface area (Å²) in [5.41, 5.74) is 0. The molecule has 0 aliphatic heterocycles. The molecule has 1 atom stereocenters. The second-order valence-corrected chi connectivity index (χ2v) is 6.47. The Morgan fingerprint density at radius 3 is 0.903 bits per heavy atom. The largest absolute Gasteiger partial charge is 0.460 e. The summed E-state index contributed by atoms with van der Waals surface area (Å²) in [7, 11) is 0. The summed E-state index contributed by atoms with van der Waals surface area (Å²) in [6, 6.07) is 0. The van der Waals surface area contributed by atoms with Crippen LogP contribution in [0.3, 0.4) is 0 Å². The third-order valence-corrected chi connectivity index (χ3v) is 3.87. The lowest BCUT2D eigenvalue weighted by Crippen LogP contribution is -2.73. The van der Waals surface area contributed by atoms with Gasteiger partial charge in [-0.05, 0) is 15.9 Å². The molecule has 0 nitrogen and oxygen atoms in total. The molecule has 188 valence electrons. The van der Waals surface area contributed by atoms with Gasteiger partial charge in [-0.1, -0.05) is 0 Å². The molecular formula is C10HBrF20. The van der Waals surface area contributed by atoms with Crippen LogP contribution < -0.4 is 0 Å². The van der Waals surface area contributed by atoms with E-state index >= 15 is 0 Å². The standard InChI is InChI=1S/C10HBrF20/c11-9(27,28)5(19,20)3(15,16)1(12)2(13,14)4(17,18)6(21,22)7(23,24)8(25,26)10(29,30)31/h1H. The topological polar surface area (TPSA) is 0 Å². The van der Waals surface area contributed by atoms with Crippen molar-refractivity contribution < 1.29 is 87.8 Å². The molecule has 0 saturated heterocycles. The van der Waals surface area contributed by atoms with Crippen molar-refractivity contribution in [3.8, 4) is 0 Å². The molecule has 0 aromatic rings. The van der Waals surface area contributed by atoms with Crippen molar-refractivity contribution >= 4 is 15.9 Å². The summed E-state index contributed by atoms with van der Waals surface area (Å²) < 4.78 is 254. The lowest BCUT2D eigenvalue weighted by molar-refractivity contribution is -0.449. The Kier molecular flexibility index (Phi) is 7.07. The first-order valence-corrected chi connectivity index (χ1v) is 7.12. The molecule has 0 radical (unpaired) electrons. The Morgan fingerprint density at radius 1 is 0.387 bits per heavy atom. The van der Waals surface area contributed by atoms with Crippen molar-refractivity contribution in [1.29, 1.82) is 0 Å². The van der Waals surface area contributed by atoms with Gasteiger partial charge in [0, 0.05) is 0 Å². The van der Waals surface area contributed by atoms with Crippen LogP contribution in [0.4, 0.5) is 87.8 Å². The van der Waals surface area contributed by atoms with Crippen LogP contribution >= 0.6 is 15.9 Å². The molecule has 0 aliphatic rings. The molecule has 0 aliphatic carbocycles. The SMILES string of the molecule is FC(C(F)(F)C(F)(F)C(F)(F)Br)C(F)(F)C(F)(F)C(F)(F)C(F)(F)C(F)(F)C(F)(F)F. The van der Waals surface area contributed by atoms with E-state index in [-0.39, 0.29) is 0 Å². The molecule has 0 rings (SSSR count). The fourth-order valence-electron chi connectivity index (χ4n) is 1.52. The van der Waals surface area contributed by atoms with Gasteiger partial charge in [-0.2, -0.15) is 83.4 Å². The minimum atomic E-state index is -8.78. The van der Waals surface area contributed by atoms with E-state index in [1.807, 2.05) is 0 Å². The summed E-state index contributed by atoms with van der Waals surface area (Å²) in [4.78, 5) is -6.45. The maximum Gasteiger partial charge on any atom is 0.460 e. The first-order chi connectivity index (χ1) is 12.9. The molecule has 0 spiro atoms. The Labute approximate surface area is 163 Å². The molecule has 0 amide bonds. The number of halogens is 21. The van der Waals surface area contributed by atoms with E-state index < -0.39 is 58.6 Å². The Morgan fingerprint density at radius 2 is 0.645 bits per heavy atom. The predicted octanol–water partition coefficient (Wildman–Crippen LogP) is 7.32. The molecule has 0 fully saturated rings. The zero-order chi connectivity index (χ0) is 26.1. The number of rotatable bonds is 8. The van der Waals surface area contributed by atoms with Gasteiger partial charge in [0.05, 0.1) is 0 Å². The lowest BCUT2D eigenvalue weighted by atomic mass is 9.89. The van der Waals surface area contributed by atoms with Crippen LogP contribution in [0.1, 0.15) is 0 Å². The second kappa shape index (κ2) is 7.29. The molecule has 21 heteroatoms. The van der Waals surface area contributed by atoms with E-state index in [0.717, 1.165) is 0 Å². The zero-order valence-electron chi connectivity index (χ0n) is 13.0. The molecule has 0 heterocycles. The maximum atomic E-state index is 13.2. The molecule has 0 bridgehead atoms. The van der Waals surface area contributed by atoms with Crippen molar-refractivity contribution in [1.82, 2.24) is 0 Å². The maximum absolute atomic E-state index is 13.2. The van der Waals surface area contributed by atoms with E-state index in [1.54, 1.807) is 0 Å². The first-order valence-electron chi connectivity index (χ1n) is 6.33. The monoisotopic (exact) mass is 580 g/mol. The predicted molar refractivity (Wildman–Crippen MR) is 59.5 cm³/mol. The third-order valence-electron chi connectivity index (χ3n) is 3.37. The van der Waals surface area contributed by atoms with Gasteiger partial charge in [0.25, 0.3) is 0 Å². The summed E-state index contributed by atoms with van der Waals surface area (Å²) in [5.74, 6) is -58.1. The fourth-order valence-corrected chi connectivity index (χ4v) is 1.78. The fraction of sp³-hybridized carbons (Fsp3) is 1.00. The summed E-state index contributed by atoms with van der Waals surface area (Å²) in [5, 5.41) is 0. The van der Waals surface area contributed by atoms with Gasteiger partial charge in [-0.25, -0.2) is 4.39 Å². The molecular weight excluding hydrogens is 580 g/mol. The van der Waals surface area contributed by atoms with Crippen molar-refractivity contribution in [2.75, 3.05) is 0 Å². The minimum Gasteiger partial charge on any atom is -0.234 e. The molecule has 0 aromatic carbocycles. The van der Waals surface area contributed by atoms with Crippen LogP contribution in [0.25, 0.3) is 0 Å². The van der Waals surface area contributed by atoms with Gasteiger partial charge < -0.3 is 0 Å². The highest BCUT2D eigenvalue weighted by Crippen LogP contribution is 2.63. The van der Waals surface area contributed by atoms with Crippen LogP contribution in [0.5, 0.6) is 0 Å². The van der Waals surface area contributed by atoms with Crippen LogP contribution in [0, 0.1) is 0 Å². The van der Waals surface area contributed by atoms with Crippen molar-refractivity contribution in [3.63, 3.8) is 0 Å². The highest BCUT2D eigenvalue weighted by molar-refractivity contribution is 9.10. The van der Waals surface area contributed by atoms with Crippen molar-refractivity contribution in [3.05, 3.63) is 0 Å². The quantitative estimate of drug-likeness (QED) is 0.208. The van der Waals surface area contributed by atoms with Gasteiger partial charge in [0.15, 0.2) is 0 Å². The number of alkyl halides is 21. The van der Waals surface area contributed by atoms with Crippen LogP contribution in [0.2, 0.25) is 0 Å². The van der Waals surface area contributed by atoms with E-state index in [0.29, 0.717) is 15.9 Å². The molecule has 1 unspecified atom stereocenters. The highest BCUT2D eigenvalue weighted by atomic mass is 79.9. The molecule has 0 aromatic heterocycles. The van der Waals surface area contributed by atoms with Gasteiger partial charge in [-0.3, -0.25) is 0 Å². The molecule has 0 N–H and O–H groups in total. The highest BCUT2D eigenvalue weighted by Gasteiger charge is 2.93. The van der Waals surface area contributed by atoms with Gasteiger partial charge in [0.1, 0.15) is 0 Å². The summed E-state index contributed by atoms with van der Waals surface area (Å²) in [6.07, 6.45) is -14.8. The van der Waals surface area contributed by atoms with Gasteiger partial charge in [-0.15, -0.1) is 0 Å². The van der Waals surface area contributed by atoms with Crippen LogP contribution in [0.15, 0.2) is 0 Å². The molecule has 0 saturated carbocycles. The van der Waals surface area contributed by atoms with Crippen molar-refractivity contribution in [2.24, 2.45) is 0 Å². The van der Waals surface area contributed by atoms with Gasteiger partial charge >= 0.3 is 52.5 Å². The smallest absolute Gasteiger partial charge is 0.234 e. The van der Waals surface area contributed by atoms with Crippen molar-refractivity contribution in [2.45, 2.75) is 58.6 Å².